The summed E-state index contributed by atoms with van der Waals surface area (Å²) in [6, 6.07) is 9.54. The second-order valence-corrected chi connectivity index (χ2v) is 6.42. The van der Waals surface area contributed by atoms with Crippen LogP contribution in [0, 0.1) is 0 Å². The highest BCUT2D eigenvalue weighted by molar-refractivity contribution is 6.13. The number of carbonyl (C=O) groups excluding carboxylic acids is 1. The third-order valence-corrected chi connectivity index (χ3v) is 5.02. The van der Waals surface area contributed by atoms with E-state index < -0.39 is 5.60 Å². The van der Waals surface area contributed by atoms with E-state index in [0.717, 1.165) is 37.3 Å². The number of methoxy groups -OCH3 is 1. The van der Waals surface area contributed by atoms with Gasteiger partial charge in [0, 0.05) is 32.1 Å². The Hall–Kier alpha value is -1.98. The minimum atomic E-state index is -0.392. The molecule has 1 fully saturated rings. The smallest absolute Gasteiger partial charge is 0.337 e. The standard InChI is InChI=1S/C17H17ClN2O3/c1-22-16(21)12-4-5-13-14(11-12)23-17(6-9-19(18)10-7-17)15-3-2-8-20(13)15/h2-5,8,11H,6-7,9-10H2,1H3. The number of aromatic nitrogens is 1. The number of fused-ring (bicyclic) bond motifs is 4. The highest BCUT2D eigenvalue weighted by Gasteiger charge is 2.43. The maximum Gasteiger partial charge on any atom is 0.337 e. The fourth-order valence-corrected chi connectivity index (χ4v) is 3.63. The Morgan fingerprint density at radius 3 is 2.83 bits per heavy atom. The van der Waals surface area contributed by atoms with Gasteiger partial charge in [0.25, 0.3) is 0 Å². The summed E-state index contributed by atoms with van der Waals surface area (Å²) in [5.74, 6) is 0.346. The first kappa shape index (κ1) is 14.6. The van der Waals surface area contributed by atoms with E-state index in [1.54, 1.807) is 16.6 Å². The average molecular weight is 333 g/mol. The average Bonchev–Trinajstić information content (AvgIpc) is 3.07. The van der Waals surface area contributed by atoms with E-state index in [2.05, 4.69) is 10.6 Å². The Kier molecular flexibility index (Phi) is 3.36. The Labute approximate surface area is 139 Å². The summed E-state index contributed by atoms with van der Waals surface area (Å²) in [6.07, 6.45) is 3.65. The first-order valence-corrected chi connectivity index (χ1v) is 7.97. The molecule has 2 aliphatic heterocycles. The number of hydrogen-bond acceptors (Lipinski definition) is 4. The summed E-state index contributed by atoms with van der Waals surface area (Å²) < 4.78 is 15.2. The second kappa shape index (κ2) is 5.28. The second-order valence-electron chi connectivity index (χ2n) is 5.94. The lowest BCUT2D eigenvalue weighted by Gasteiger charge is -2.43. The first-order valence-electron chi connectivity index (χ1n) is 7.63. The van der Waals surface area contributed by atoms with Crippen molar-refractivity contribution in [2.24, 2.45) is 0 Å². The number of esters is 1. The van der Waals surface area contributed by atoms with Crippen molar-refractivity contribution in [1.29, 1.82) is 0 Å². The molecule has 2 aromatic rings. The molecule has 3 heterocycles. The largest absolute Gasteiger partial charge is 0.479 e. The van der Waals surface area contributed by atoms with Gasteiger partial charge in [0.1, 0.15) is 5.75 Å². The van der Waals surface area contributed by atoms with Gasteiger partial charge in [-0.2, -0.15) is 0 Å². The molecule has 6 heteroatoms. The minimum absolute atomic E-state index is 0.362. The van der Waals surface area contributed by atoms with Crippen LogP contribution in [0.5, 0.6) is 5.75 Å². The maximum atomic E-state index is 11.8. The molecule has 120 valence electrons. The van der Waals surface area contributed by atoms with Crippen molar-refractivity contribution in [3.63, 3.8) is 0 Å². The molecule has 1 spiro atoms. The van der Waals surface area contributed by atoms with E-state index in [1.165, 1.54) is 7.11 Å². The molecule has 23 heavy (non-hydrogen) atoms. The Morgan fingerprint density at radius 1 is 1.30 bits per heavy atom. The van der Waals surface area contributed by atoms with Gasteiger partial charge in [-0.3, -0.25) is 0 Å². The lowest BCUT2D eigenvalue weighted by atomic mass is 9.87. The third-order valence-electron chi connectivity index (χ3n) is 4.68. The van der Waals surface area contributed by atoms with Gasteiger partial charge >= 0.3 is 5.97 Å². The quantitative estimate of drug-likeness (QED) is 0.594. The van der Waals surface area contributed by atoms with E-state index in [0.29, 0.717) is 11.3 Å². The Morgan fingerprint density at radius 2 is 2.09 bits per heavy atom. The van der Waals surface area contributed by atoms with Crippen LogP contribution in [0.1, 0.15) is 28.9 Å². The first-order chi connectivity index (χ1) is 11.1. The molecular formula is C17H17ClN2O3. The summed E-state index contributed by atoms with van der Waals surface area (Å²) in [5, 5.41) is 0. The topological polar surface area (TPSA) is 43.7 Å². The number of hydrogen-bond donors (Lipinski definition) is 0. The number of piperidine rings is 1. The van der Waals surface area contributed by atoms with Crippen molar-refractivity contribution in [3.8, 4) is 11.4 Å². The number of ether oxygens (including phenoxy) is 2. The van der Waals surface area contributed by atoms with E-state index >= 15 is 0 Å². The number of rotatable bonds is 1. The van der Waals surface area contributed by atoms with Gasteiger partial charge in [0.2, 0.25) is 0 Å². The van der Waals surface area contributed by atoms with Crippen molar-refractivity contribution in [2.45, 2.75) is 18.4 Å². The minimum Gasteiger partial charge on any atom is -0.479 e. The molecule has 1 aromatic carbocycles. The number of halogens is 1. The lowest BCUT2D eigenvalue weighted by Crippen LogP contribution is -2.46. The fraction of sp³-hybridized carbons (Fsp3) is 0.353. The molecular weight excluding hydrogens is 316 g/mol. The molecule has 0 N–H and O–H groups in total. The van der Waals surface area contributed by atoms with Gasteiger partial charge in [-0.1, -0.05) is 0 Å². The van der Waals surface area contributed by atoms with E-state index in [1.807, 2.05) is 18.3 Å². The van der Waals surface area contributed by atoms with Crippen LogP contribution in [0.4, 0.5) is 0 Å². The van der Waals surface area contributed by atoms with Gasteiger partial charge < -0.3 is 14.0 Å². The van der Waals surface area contributed by atoms with E-state index in [9.17, 15) is 4.79 Å². The molecule has 4 rings (SSSR count). The van der Waals surface area contributed by atoms with Gasteiger partial charge in [-0.05, 0) is 42.1 Å². The molecule has 1 aromatic heterocycles. The van der Waals surface area contributed by atoms with Crippen LogP contribution in [-0.2, 0) is 10.3 Å². The van der Waals surface area contributed by atoms with Gasteiger partial charge in [0.05, 0.1) is 24.1 Å². The molecule has 0 unspecified atom stereocenters. The number of benzene rings is 1. The van der Waals surface area contributed by atoms with Gasteiger partial charge in [-0.25, -0.2) is 9.21 Å². The molecule has 0 saturated carbocycles. The van der Waals surface area contributed by atoms with Crippen molar-refractivity contribution in [3.05, 3.63) is 47.8 Å². The highest BCUT2D eigenvalue weighted by atomic mass is 35.5. The molecule has 2 aliphatic rings. The Bertz CT molecular complexity index is 763. The molecule has 0 bridgehead atoms. The lowest BCUT2D eigenvalue weighted by molar-refractivity contribution is 0.00416. The van der Waals surface area contributed by atoms with Crippen LogP contribution in [-0.4, -0.2) is 35.2 Å². The Balaban J connectivity index is 1.81. The van der Waals surface area contributed by atoms with Crippen LogP contribution >= 0.6 is 11.8 Å². The zero-order chi connectivity index (χ0) is 16.0. The normalized spacial score (nSPS) is 18.9. The summed E-state index contributed by atoms with van der Waals surface area (Å²) in [6.45, 7) is 1.53. The van der Waals surface area contributed by atoms with Crippen molar-refractivity contribution in [1.82, 2.24) is 8.99 Å². The van der Waals surface area contributed by atoms with Crippen LogP contribution in [0.2, 0.25) is 0 Å². The third kappa shape index (κ3) is 2.23. The van der Waals surface area contributed by atoms with Crippen LogP contribution in [0.25, 0.3) is 5.69 Å². The number of nitrogens with zero attached hydrogens (tertiary/aromatic N) is 2. The summed E-state index contributed by atoms with van der Waals surface area (Å²) in [5.41, 5.74) is 2.18. The van der Waals surface area contributed by atoms with Crippen molar-refractivity contribution in [2.75, 3.05) is 20.2 Å². The van der Waals surface area contributed by atoms with E-state index in [4.69, 9.17) is 21.3 Å². The molecule has 0 aliphatic carbocycles. The monoisotopic (exact) mass is 332 g/mol. The number of carbonyl (C=O) groups is 1. The molecule has 0 atom stereocenters. The van der Waals surface area contributed by atoms with Gasteiger partial charge in [0.15, 0.2) is 5.60 Å². The molecule has 5 nitrogen and oxygen atoms in total. The van der Waals surface area contributed by atoms with Crippen LogP contribution in [0.3, 0.4) is 0 Å². The van der Waals surface area contributed by atoms with Crippen LogP contribution in [0.15, 0.2) is 36.5 Å². The maximum absolute atomic E-state index is 11.8. The SMILES string of the molecule is COC(=O)c1ccc2c(c1)OC1(CCN(Cl)CC1)c1cccn1-2. The highest BCUT2D eigenvalue weighted by Crippen LogP contribution is 2.45. The fourth-order valence-electron chi connectivity index (χ4n) is 3.46. The van der Waals surface area contributed by atoms with Gasteiger partial charge in [-0.15, -0.1) is 0 Å². The summed E-state index contributed by atoms with van der Waals surface area (Å²) in [4.78, 5) is 11.8. The predicted octanol–water partition coefficient (Wildman–Crippen LogP) is 3.10. The predicted molar refractivity (Wildman–Crippen MR) is 86.1 cm³/mol. The van der Waals surface area contributed by atoms with Crippen LogP contribution < -0.4 is 4.74 Å². The van der Waals surface area contributed by atoms with Crippen molar-refractivity contribution >= 4 is 17.7 Å². The zero-order valence-electron chi connectivity index (χ0n) is 12.8. The summed E-state index contributed by atoms with van der Waals surface area (Å²) in [7, 11) is 1.38. The summed E-state index contributed by atoms with van der Waals surface area (Å²) >= 11 is 6.12. The molecule has 0 amide bonds. The van der Waals surface area contributed by atoms with E-state index in [-0.39, 0.29) is 5.97 Å². The van der Waals surface area contributed by atoms with Crippen molar-refractivity contribution < 1.29 is 14.3 Å². The molecule has 0 radical (unpaired) electrons. The molecule has 1 saturated heterocycles. The zero-order valence-corrected chi connectivity index (χ0v) is 13.5.